The molecule has 0 N–H and O–H groups in total. The molecule has 8 nitrogen and oxygen atoms in total. The van der Waals surface area contributed by atoms with Crippen molar-refractivity contribution in [2.24, 2.45) is 0 Å². The lowest BCUT2D eigenvalue weighted by Gasteiger charge is -2.09. The summed E-state index contributed by atoms with van der Waals surface area (Å²) in [7, 11) is 2.88. The highest BCUT2D eigenvalue weighted by molar-refractivity contribution is 6.31. The van der Waals surface area contributed by atoms with Crippen LogP contribution in [0.5, 0.6) is 11.5 Å². The van der Waals surface area contributed by atoms with E-state index in [1.54, 1.807) is 34.9 Å². The maximum absolute atomic E-state index is 12.8. The minimum Gasteiger partial charge on any atom is -0.493 e. The molecule has 0 saturated heterocycles. The van der Waals surface area contributed by atoms with Crippen LogP contribution in [0.2, 0.25) is 5.02 Å². The van der Waals surface area contributed by atoms with E-state index in [9.17, 15) is 14.9 Å². The van der Waals surface area contributed by atoms with Crippen LogP contribution >= 0.6 is 11.6 Å². The fourth-order valence-corrected chi connectivity index (χ4v) is 3.64. The van der Waals surface area contributed by atoms with E-state index >= 15 is 0 Å². The van der Waals surface area contributed by atoms with Crippen molar-refractivity contribution in [3.8, 4) is 11.5 Å². The van der Waals surface area contributed by atoms with E-state index in [-0.39, 0.29) is 17.0 Å². The van der Waals surface area contributed by atoms with Gasteiger partial charge >= 0.3 is 0 Å². The Hall–Kier alpha value is -3.39. The van der Waals surface area contributed by atoms with Crippen molar-refractivity contribution in [2.45, 2.75) is 13.0 Å². The van der Waals surface area contributed by atoms with E-state index in [4.69, 9.17) is 21.1 Å². The highest BCUT2D eigenvalue weighted by Gasteiger charge is 2.24. The number of halogens is 1. The monoisotopic (exact) mass is 413 g/mol. The van der Waals surface area contributed by atoms with Gasteiger partial charge in [-0.3, -0.25) is 19.5 Å². The Morgan fingerprint density at radius 3 is 2.62 bits per heavy atom. The van der Waals surface area contributed by atoms with E-state index in [1.165, 1.54) is 20.3 Å². The Kier molecular flexibility index (Phi) is 4.71. The summed E-state index contributed by atoms with van der Waals surface area (Å²) >= 11 is 6.04. The van der Waals surface area contributed by atoms with Crippen LogP contribution in [-0.4, -0.2) is 28.7 Å². The molecule has 0 aliphatic carbocycles. The molecule has 0 spiro atoms. The number of nitrogens with zero attached hydrogens (tertiary/aromatic N) is 3. The molecule has 4 rings (SSSR count). The van der Waals surface area contributed by atoms with Gasteiger partial charge in [-0.15, -0.1) is 0 Å². The predicted octanol–water partition coefficient (Wildman–Crippen LogP) is 3.92. The van der Waals surface area contributed by atoms with E-state index in [0.29, 0.717) is 46.0 Å². The van der Waals surface area contributed by atoms with Crippen molar-refractivity contribution in [1.82, 2.24) is 9.55 Å². The highest BCUT2D eigenvalue weighted by Crippen LogP contribution is 2.37. The number of nitro groups is 1. The summed E-state index contributed by atoms with van der Waals surface area (Å²) in [5.41, 5.74) is 1.27. The number of hydrogen-bond acceptors (Lipinski definition) is 6. The Balaban J connectivity index is 1.92. The summed E-state index contributed by atoms with van der Waals surface area (Å²) in [5, 5.41) is 12.5. The van der Waals surface area contributed by atoms with E-state index in [1.807, 2.05) is 0 Å². The number of benzene rings is 2. The Morgan fingerprint density at radius 1 is 1.21 bits per heavy atom. The zero-order valence-corrected chi connectivity index (χ0v) is 16.4. The van der Waals surface area contributed by atoms with Crippen molar-refractivity contribution in [3.05, 3.63) is 67.2 Å². The lowest BCUT2D eigenvalue weighted by molar-refractivity contribution is -0.385. The van der Waals surface area contributed by atoms with Gasteiger partial charge in [-0.25, -0.2) is 4.98 Å². The second-order valence-electron chi connectivity index (χ2n) is 6.50. The molecule has 0 fully saturated rings. The van der Waals surface area contributed by atoms with E-state index in [0.717, 1.165) is 5.57 Å². The van der Waals surface area contributed by atoms with Crippen LogP contribution in [0, 0.1) is 10.1 Å². The summed E-state index contributed by atoms with van der Waals surface area (Å²) < 4.78 is 12.0. The molecule has 0 radical (unpaired) electrons. The van der Waals surface area contributed by atoms with E-state index in [2.05, 4.69) is 4.98 Å². The lowest BCUT2D eigenvalue weighted by Crippen LogP contribution is -2.20. The summed E-state index contributed by atoms with van der Waals surface area (Å²) in [6.07, 6.45) is 2.19. The van der Waals surface area contributed by atoms with E-state index < -0.39 is 4.92 Å². The maximum Gasteiger partial charge on any atom is 0.280 e. The topological polar surface area (TPSA) is 96.5 Å². The quantitative estimate of drug-likeness (QED) is 0.475. The summed E-state index contributed by atoms with van der Waals surface area (Å²) in [4.78, 5) is 28.5. The third kappa shape index (κ3) is 3.21. The van der Waals surface area contributed by atoms with Crippen LogP contribution in [0.25, 0.3) is 22.6 Å². The Morgan fingerprint density at radius 2 is 1.93 bits per heavy atom. The zero-order chi connectivity index (χ0) is 20.7. The first-order chi connectivity index (χ1) is 13.9. The fourth-order valence-electron chi connectivity index (χ4n) is 3.47. The largest absolute Gasteiger partial charge is 0.493 e. The second kappa shape index (κ2) is 7.21. The van der Waals surface area contributed by atoms with Crippen molar-refractivity contribution >= 4 is 39.8 Å². The fraction of sp³-hybridized carbons (Fsp3) is 0.200. The van der Waals surface area contributed by atoms with Gasteiger partial charge in [0.1, 0.15) is 5.82 Å². The van der Waals surface area contributed by atoms with Gasteiger partial charge in [0.05, 0.1) is 41.7 Å². The maximum atomic E-state index is 12.8. The van der Waals surface area contributed by atoms with Gasteiger partial charge in [0.25, 0.3) is 11.2 Å². The first-order valence-electron chi connectivity index (χ1n) is 8.74. The molecule has 0 atom stereocenters. The van der Waals surface area contributed by atoms with Crippen LogP contribution in [0.1, 0.15) is 17.8 Å². The number of aromatic nitrogens is 2. The Labute approximate surface area is 170 Å². The summed E-state index contributed by atoms with van der Waals surface area (Å²) in [6.45, 7) is 0.451. The average Bonchev–Trinajstić information content (AvgIpc) is 3.10. The molecule has 1 aromatic heterocycles. The average molecular weight is 414 g/mol. The molecule has 0 unspecified atom stereocenters. The SMILES string of the molecule is COc1cc(/C=C2\CCn3c2nc2cc(Cl)ccc2c3=O)c([N+](=O)[O-])cc1OC. The number of hydrogen-bond donors (Lipinski definition) is 0. The van der Waals surface area contributed by atoms with Crippen LogP contribution in [0.3, 0.4) is 0 Å². The number of ether oxygens (including phenoxy) is 2. The molecule has 0 amide bonds. The zero-order valence-electron chi connectivity index (χ0n) is 15.6. The van der Waals surface area contributed by atoms with Gasteiger partial charge in [0.15, 0.2) is 11.5 Å². The molecule has 0 bridgehead atoms. The molecule has 148 valence electrons. The third-order valence-corrected chi connectivity index (χ3v) is 5.10. The molecule has 3 aromatic rings. The molecular weight excluding hydrogens is 398 g/mol. The van der Waals surface area contributed by atoms with Gasteiger partial charge < -0.3 is 9.47 Å². The molecule has 0 saturated carbocycles. The first-order valence-corrected chi connectivity index (χ1v) is 9.12. The predicted molar refractivity (Wildman–Crippen MR) is 110 cm³/mol. The molecule has 29 heavy (non-hydrogen) atoms. The number of methoxy groups -OCH3 is 2. The normalized spacial score (nSPS) is 14.2. The van der Waals surface area contributed by atoms with Gasteiger partial charge in [-0.2, -0.15) is 0 Å². The van der Waals surface area contributed by atoms with Crippen LogP contribution in [0.15, 0.2) is 35.1 Å². The van der Waals surface area contributed by atoms with Crippen molar-refractivity contribution in [1.29, 1.82) is 0 Å². The minimum absolute atomic E-state index is 0.125. The van der Waals surface area contributed by atoms with Crippen LogP contribution in [-0.2, 0) is 6.54 Å². The molecule has 2 heterocycles. The summed E-state index contributed by atoms with van der Waals surface area (Å²) in [5.74, 6) is 1.12. The molecule has 2 aromatic carbocycles. The highest BCUT2D eigenvalue weighted by atomic mass is 35.5. The minimum atomic E-state index is -0.482. The molecule has 9 heteroatoms. The van der Waals surface area contributed by atoms with Gasteiger partial charge in [0.2, 0.25) is 0 Å². The summed E-state index contributed by atoms with van der Waals surface area (Å²) in [6, 6.07) is 7.80. The first kappa shape index (κ1) is 18.9. The lowest BCUT2D eigenvalue weighted by atomic mass is 10.1. The number of rotatable bonds is 4. The molecule has 1 aliphatic heterocycles. The third-order valence-electron chi connectivity index (χ3n) is 4.87. The second-order valence-corrected chi connectivity index (χ2v) is 6.93. The number of fused-ring (bicyclic) bond motifs is 2. The Bertz CT molecular complexity index is 1250. The van der Waals surface area contributed by atoms with Crippen LogP contribution in [0.4, 0.5) is 5.69 Å². The smallest absolute Gasteiger partial charge is 0.280 e. The number of nitro benzene ring substituents is 1. The van der Waals surface area contributed by atoms with Crippen LogP contribution < -0.4 is 15.0 Å². The van der Waals surface area contributed by atoms with Gasteiger partial charge in [-0.1, -0.05) is 11.6 Å². The van der Waals surface area contributed by atoms with Crippen molar-refractivity contribution in [3.63, 3.8) is 0 Å². The number of allylic oxidation sites excluding steroid dienone is 1. The van der Waals surface area contributed by atoms with Gasteiger partial charge in [-0.05, 0) is 42.3 Å². The van der Waals surface area contributed by atoms with Crippen molar-refractivity contribution in [2.75, 3.05) is 14.2 Å². The molecule has 1 aliphatic rings. The van der Waals surface area contributed by atoms with Crippen molar-refractivity contribution < 1.29 is 14.4 Å². The van der Waals surface area contributed by atoms with Gasteiger partial charge in [0, 0.05) is 11.6 Å². The standard InChI is InChI=1S/C20H16ClN3O5/c1-28-17-8-12(16(24(26)27)10-18(17)29-2)7-11-5-6-23-19(11)22-15-9-13(21)3-4-14(15)20(23)25/h3-4,7-10H,5-6H2,1-2H3/b11-7+. The molecular formula is C20H16ClN3O5.